The summed E-state index contributed by atoms with van der Waals surface area (Å²) in [7, 11) is 3.31. The Morgan fingerprint density at radius 1 is 1.12 bits per heavy atom. The van der Waals surface area contributed by atoms with E-state index in [-0.39, 0.29) is 0 Å². The van der Waals surface area contributed by atoms with Gasteiger partial charge in [0.15, 0.2) is 16.7 Å². The van der Waals surface area contributed by atoms with Crippen LogP contribution in [-0.4, -0.2) is 29.0 Å². The molecule has 5 nitrogen and oxygen atoms in total. The van der Waals surface area contributed by atoms with Gasteiger partial charge < -0.3 is 14.0 Å². The standard InChI is InChI=1S/C17H20BrN3O2S/c1-22-14-7-11(13(18)8-15(14)23-2)9-24-17-20-19-16(10-3-4-10)21(17)12-5-6-12/h7-8,10,12H,3-6,9H2,1-2H3. The van der Waals surface area contributed by atoms with Gasteiger partial charge in [-0.15, -0.1) is 10.2 Å². The summed E-state index contributed by atoms with van der Waals surface area (Å²) in [4.78, 5) is 0. The van der Waals surface area contributed by atoms with E-state index in [4.69, 9.17) is 9.47 Å². The summed E-state index contributed by atoms with van der Waals surface area (Å²) in [5.74, 6) is 4.14. The van der Waals surface area contributed by atoms with Crippen LogP contribution in [0.25, 0.3) is 0 Å². The zero-order valence-corrected chi connectivity index (χ0v) is 16.2. The Morgan fingerprint density at radius 3 is 2.46 bits per heavy atom. The predicted octanol–water partition coefficient (Wildman–Crippen LogP) is 4.56. The van der Waals surface area contributed by atoms with Crippen molar-refractivity contribution in [2.75, 3.05) is 14.2 Å². The highest BCUT2D eigenvalue weighted by atomic mass is 79.9. The van der Waals surface area contributed by atoms with Gasteiger partial charge in [0.2, 0.25) is 0 Å². The second-order valence-corrected chi connectivity index (χ2v) is 8.10. The van der Waals surface area contributed by atoms with Gasteiger partial charge in [-0.05, 0) is 43.4 Å². The minimum absolute atomic E-state index is 0.618. The summed E-state index contributed by atoms with van der Waals surface area (Å²) >= 11 is 5.38. The van der Waals surface area contributed by atoms with Gasteiger partial charge in [0, 0.05) is 22.2 Å². The zero-order valence-electron chi connectivity index (χ0n) is 13.8. The summed E-state index contributed by atoms with van der Waals surface area (Å²) in [5, 5.41) is 9.98. The molecular formula is C17H20BrN3O2S. The van der Waals surface area contributed by atoms with Crippen LogP contribution >= 0.6 is 27.7 Å². The highest BCUT2D eigenvalue weighted by molar-refractivity contribution is 9.10. The minimum Gasteiger partial charge on any atom is -0.493 e. The molecule has 0 atom stereocenters. The van der Waals surface area contributed by atoms with E-state index in [1.807, 2.05) is 12.1 Å². The Morgan fingerprint density at radius 2 is 1.83 bits per heavy atom. The van der Waals surface area contributed by atoms with Gasteiger partial charge in [-0.25, -0.2) is 0 Å². The molecule has 1 heterocycles. The van der Waals surface area contributed by atoms with Crippen molar-refractivity contribution in [2.45, 2.75) is 48.6 Å². The number of hydrogen-bond donors (Lipinski definition) is 0. The Hall–Kier alpha value is -1.21. The third kappa shape index (κ3) is 3.16. The van der Waals surface area contributed by atoms with Gasteiger partial charge in [0.25, 0.3) is 0 Å². The number of nitrogens with zero attached hydrogens (tertiary/aromatic N) is 3. The smallest absolute Gasteiger partial charge is 0.191 e. The van der Waals surface area contributed by atoms with Crippen LogP contribution in [0, 0.1) is 0 Å². The van der Waals surface area contributed by atoms with E-state index in [1.54, 1.807) is 26.0 Å². The molecule has 0 aliphatic heterocycles. The van der Waals surface area contributed by atoms with E-state index in [9.17, 15) is 0 Å². The number of methoxy groups -OCH3 is 2. The summed E-state index contributed by atoms with van der Waals surface area (Å²) in [6.07, 6.45) is 5.03. The minimum atomic E-state index is 0.618. The molecule has 7 heteroatoms. The number of hydrogen-bond acceptors (Lipinski definition) is 5. The molecule has 2 aliphatic carbocycles. The maximum Gasteiger partial charge on any atom is 0.191 e. The van der Waals surface area contributed by atoms with Crippen molar-refractivity contribution in [1.82, 2.24) is 14.8 Å². The van der Waals surface area contributed by atoms with Crippen molar-refractivity contribution >= 4 is 27.7 Å². The van der Waals surface area contributed by atoms with Gasteiger partial charge >= 0.3 is 0 Å². The molecule has 0 unspecified atom stereocenters. The van der Waals surface area contributed by atoms with Crippen LogP contribution < -0.4 is 9.47 Å². The quantitative estimate of drug-likeness (QED) is 0.627. The predicted molar refractivity (Wildman–Crippen MR) is 97.1 cm³/mol. The lowest BCUT2D eigenvalue weighted by molar-refractivity contribution is 0.354. The average molecular weight is 410 g/mol. The van der Waals surface area contributed by atoms with E-state index in [1.165, 1.54) is 31.5 Å². The monoisotopic (exact) mass is 409 g/mol. The Bertz CT molecular complexity index is 757. The summed E-state index contributed by atoms with van der Waals surface area (Å²) < 4.78 is 14.2. The van der Waals surface area contributed by atoms with Crippen molar-refractivity contribution in [3.05, 3.63) is 28.0 Å². The SMILES string of the molecule is COc1cc(Br)c(CSc2nnc(C3CC3)n2C2CC2)cc1OC. The topological polar surface area (TPSA) is 49.2 Å². The molecule has 1 aromatic heterocycles. The molecule has 128 valence electrons. The van der Waals surface area contributed by atoms with E-state index in [2.05, 4.69) is 30.7 Å². The Labute approximate surface area is 154 Å². The maximum absolute atomic E-state index is 5.41. The van der Waals surface area contributed by atoms with Crippen molar-refractivity contribution in [2.24, 2.45) is 0 Å². The van der Waals surface area contributed by atoms with E-state index in [0.717, 1.165) is 32.4 Å². The van der Waals surface area contributed by atoms with Crippen molar-refractivity contribution < 1.29 is 9.47 Å². The Kier molecular flexibility index (Phi) is 4.47. The first-order valence-electron chi connectivity index (χ1n) is 8.19. The molecule has 2 fully saturated rings. The van der Waals surface area contributed by atoms with Crippen LogP contribution in [0.3, 0.4) is 0 Å². The third-order valence-corrected chi connectivity index (χ3v) is 6.18. The summed E-state index contributed by atoms with van der Waals surface area (Å²) in [6, 6.07) is 4.60. The fraction of sp³-hybridized carbons (Fsp3) is 0.529. The van der Waals surface area contributed by atoms with Gasteiger partial charge in [-0.2, -0.15) is 0 Å². The lowest BCUT2D eigenvalue weighted by Crippen LogP contribution is -2.02. The third-order valence-electron chi connectivity index (χ3n) is 4.45. The molecule has 2 aromatic rings. The first-order chi connectivity index (χ1) is 11.7. The molecule has 0 spiro atoms. The Balaban J connectivity index is 1.55. The van der Waals surface area contributed by atoms with Crippen LogP contribution in [0.4, 0.5) is 0 Å². The number of aromatic nitrogens is 3. The summed E-state index contributed by atoms with van der Waals surface area (Å²) in [5.41, 5.74) is 1.16. The largest absolute Gasteiger partial charge is 0.493 e. The van der Waals surface area contributed by atoms with Crippen molar-refractivity contribution in [1.29, 1.82) is 0 Å². The van der Waals surface area contributed by atoms with Crippen LogP contribution in [0.1, 0.15) is 49.0 Å². The highest BCUT2D eigenvalue weighted by Crippen LogP contribution is 2.46. The van der Waals surface area contributed by atoms with Crippen LogP contribution in [0.15, 0.2) is 21.8 Å². The second kappa shape index (κ2) is 6.59. The van der Waals surface area contributed by atoms with E-state index in [0.29, 0.717) is 12.0 Å². The van der Waals surface area contributed by atoms with Crippen LogP contribution in [-0.2, 0) is 5.75 Å². The fourth-order valence-electron chi connectivity index (χ4n) is 2.83. The lowest BCUT2D eigenvalue weighted by Gasteiger charge is -2.12. The molecule has 0 N–H and O–H groups in total. The average Bonchev–Trinajstić information content (AvgIpc) is 3.52. The number of benzene rings is 1. The van der Waals surface area contributed by atoms with E-state index < -0.39 is 0 Å². The molecule has 4 rings (SSSR count). The fourth-order valence-corrected chi connectivity index (χ4v) is 4.48. The van der Waals surface area contributed by atoms with Gasteiger partial charge in [-0.3, -0.25) is 0 Å². The molecule has 24 heavy (non-hydrogen) atoms. The number of thioether (sulfide) groups is 1. The van der Waals surface area contributed by atoms with Gasteiger partial charge in [-0.1, -0.05) is 27.7 Å². The zero-order chi connectivity index (χ0) is 16.7. The number of rotatable bonds is 7. The van der Waals surface area contributed by atoms with Crippen molar-refractivity contribution in [3.63, 3.8) is 0 Å². The molecule has 0 saturated heterocycles. The number of halogens is 1. The molecule has 0 bridgehead atoms. The van der Waals surface area contributed by atoms with Gasteiger partial charge in [0.1, 0.15) is 5.82 Å². The molecule has 0 radical (unpaired) electrons. The molecule has 2 aliphatic rings. The highest BCUT2D eigenvalue weighted by Gasteiger charge is 2.36. The summed E-state index contributed by atoms with van der Waals surface area (Å²) in [6.45, 7) is 0. The van der Waals surface area contributed by atoms with Crippen LogP contribution in [0.2, 0.25) is 0 Å². The second-order valence-electron chi connectivity index (χ2n) is 6.30. The first kappa shape index (κ1) is 16.3. The van der Waals surface area contributed by atoms with E-state index >= 15 is 0 Å². The number of ether oxygens (including phenoxy) is 2. The normalized spacial score (nSPS) is 17.1. The lowest BCUT2D eigenvalue weighted by atomic mass is 10.2. The van der Waals surface area contributed by atoms with Crippen molar-refractivity contribution in [3.8, 4) is 11.5 Å². The van der Waals surface area contributed by atoms with Gasteiger partial charge in [0.05, 0.1) is 14.2 Å². The molecule has 1 aromatic carbocycles. The molecule has 2 saturated carbocycles. The molecule has 0 amide bonds. The first-order valence-corrected chi connectivity index (χ1v) is 9.97. The molecular weight excluding hydrogens is 390 g/mol. The van der Waals surface area contributed by atoms with Crippen LogP contribution in [0.5, 0.6) is 11.5 Å². The maximum atomic E-state index is 5.41.